The minimum Gasteiger partial charge on any atom is -0.465 e. The monoisotopic (exact) mass is 269 g/mol. The lowest BCUT2D eigenvalue weighted by atomic mass is 9.80. The Hall–Kier alpha value is -1.04. The lowest BCUT2D eigenvalue weighted by molar-refractivity contribution is -0.162. The van der Waals surface area contributed by atoms with E-state index in [9.17, 15) is 14.7 Å². The number of carbonyl (C=O) groups excluding carboxylic acids is 2. The fraction of sp³-hybridized carbons (Fsp3) is 0.846. The van der Waals surface area contributed by atoms with Crippen LogP contribution in [0.5, 0.6) is 0 Å². The van der Waals surface area contributed by atoms with E-state index in [1.54, 1.807) is 6.92 Å². The zero-order chi connectivity index (χ0) is 14.5. The Morgan fingerprint density at radius 1 is 1.58 bits per heavy atom. The van der Waals surface area contributed by atoms with Gasteiger partial charge in [-0.1, -0.05) is 13.3 Å². The van der Waals surface area contributed by atoms with Crippen LogP contribution in [0.2, 0.25) is 0 Å². The largest absolute Gasteiger partial charge is 0.465 e. The lowest BCUT2D eigenvalue weighted by Gasteiger charge is -2.30. The van der Waals surface area contributed by atoms with Crippen LogP contribution in [0, 0.1) is 5.41 Å². The van der Waals surface area contributed by atoms with Gasteiger partial charge < -0.3 is 15.2 Å². The summed E-state index contributed by atoms with van der Waals surface area (Å²) in [6.07, 6.45) is 2.74. The van der Waals surface area contributed by atoms with E-state index >= 15 is 0 Å². The summed E-state index contributed by atoms with van der Waals surface area (Å²) in [5, 5.41) is 12.8. The molecule has 1 aliphatic rings. The molecule has 0 radical (unpaired) electrons. The quantitative estimate of drug-likeness (QED) is 0.420. The van der Waals surface area contributed by atoms with Gasteiger partial charge in [0, 0.05) is 6.04 Å². The van der Waals surface area contributed by atoms with E-state index in [-0.39, 0.29) is 17.8 Å². The Balaban J connectivity index is 2.66. The number of unbranched alkanes of at least 4 members (excludes halogenated alkanes) is 1. The first-order valence-corrected chi connectivity index (χ1v) is 7.04. The molecule has 1 unspecified atom stereocenters. The van der Waals surface area contributed by atoms with Gasteiger partial charge >= 0.3 is 5.97 Å². The second-order valence-electron chi connectivity index (χ2n) is 5.46. The number of esters is 1. The van der Waals surface area contributed by atoms with Gasteiger partial charge in [-0.25, -0.2) is 0 Å². The second-order valence-corrected chi connectivity index (χ2v) is 5.46. The average Bonchev–Trinajstić information content (AvgIpc) is 2.73. The van der Waals surface area contributed by atoms with E-state index in [0.717, 1.165) is 12.8 Å². The minimum atomic E-state index is -0.860. The van der Waals surface area contributed by atoms with E-state index in [0.29, 0.717) is 25.9 Å². The lowest BCUT2D eigenvalue weighted by Crippen LogP contribution is -2.42. The third-order valence-electron chi connectivity index (χ3n) is 3.89. The summed E-state index contributed by atoms with van der Waals surface area (Å²) >= 11 is 0. The summed E-state index contributed by atoms with van der Waals surface area (Å²) in [4.78, 5) is 23.3. The molecule has 0 aromatic rings. The Labute approximate surface area is 115 Å². The number of carbonyl (C=O) groups is 2. The van der Waals surface area contributed by atoms with Gasteiger partial charge in [0.15, 0.2) is 5.81 Å². The van der Waals surface area contributed by atoms with Gasteiger partial charge in [-0.3, -0.25) is 9.59 Å². The van der Waals surface area contributed by atoms with Crippen molar-refractivity contribution in [1.29, 1.82) is 0 Å². The highest BCUT2D eigenvalue weighted by atomic mass is 16.5. The summed E-state index contributed by atoms with van der Waals surface area (Å²) in [5.41, 5.74) is -0.860. The second kappa shape index (κ2) is 6.94. The highest BCUT2D eigenvalue weighted by molar-refractivity contribution is 6.57. The van der Waals surface area contributed by atoms with Gasteiger partial charge in [0.2, 0.25) is 7.85 Å². The maximum absolute atomic E-state index is 12.2. The molecule has 2 N–H and O–H groups in total. The Morgan fingerprint density at radius 2 is 2.26 bits per heavy atom. The Kier molecular flexibility index (Phi) is 5.85. The number of aliphatic hydroxyl groups is 1. The zero-order valence-corrected chi connectivity index (χ0v) is 12.1. The predicted octanol–water partition coefficient (Wildman–Crippen LogP) is 0.592. The molecular formula is C13H24BNO4. The van der Waals surface area contributed by atoms with Crippen LogP contribution in [0.15, 0.2) is 0 Å². The van der Waals surface area contributed by atoms with Crippen molar-refractivity contribution in [2.24, 2.45) is 5.41 Å². The molecule has 0 heterocycles. The molecule has 108 valence electrons. The van der Waals surface area contributed by atoms with Gasteiger partial charge in [-0.2, -0.15) is 0 Å². The van der Waals surface area contributed by atoms with Crippen molar-refractivity contribution in [3.8, 4) is 0 Å². The molecule has 5 nitrogen and oxygen atoms in total. The number of rotatable bonds is 6. The van der Waals surface area contributed by atoms with Crippen LogP contribution in [0.3, 0.4) is 0 Å². The van der Waals surface area contributed by atoms with Crippen molar-refractivity contribution in [3.63, 3.8) is 0 Å². The smallest absolute Gasteiger partial charge is 0.314 e. The van der Waals surface area contributed by atoms with Crippen molar-refractivity contribution < 1.29 is 19.4 Å². The molecule has 1 fully saturated rings. The maximum Gasteiger partial charge on any atom is 0.314 e. The van der Waals surface area contributed by atoms with Gasteiger partial charge in [0.25, 0.3) is 0 Å². The van der Waals surface area contributed by atoms with Crippen LogP contribution in [-0.2, 0) is 9.53 Å². The van der Waals surface area contributed by atoms with Crippen molar-refractivity contribution in [2.45, 2.75) is 58.1 Å². The molecule has 1 rings (SSSR count). The van der Waals surface area contributed by atoms with Crippen LogP contribution in [0.1, 0.15) is 46.0 Å². The molecule has 0 saturated heterocycles. The molecule has 1 aliphatic carbocycles. The number of hydrogen-bond acceptors (Lipinski definition) is 4. The van der Waals surface area contributed by atoms with Crippen LogP contribution >= 0.6 is 0 Å². The average molecular weight is 269 g/mol. The third kappa shape index (κ3) is 3.96. The molecular weight excluding hydrogens is 245 g/mol. The summed E-state index contributed by atoms with van der Waals surface area (Å²) in [6.45, 7) is 4.05. The highest BCUT2D eigenvalue weighted by Crippen LogP contribution is 2.42. The first-order valence-electron chi connectivity index (χ1n) is 7.04. The van der Waals surface area contributed by atoms with Crippen LogP contribution in [0.25, 0.3) is 0 Å². The molecule has 6 heteroatoms. The minimum absolute atomic E-state index is 0.0502. The van der Waals surface area contributed by atoms with Gasteiger partial charge in [-0.05, 0) is 32.6 Å². The molecule has 0 aliphatic heterocycles. The Bertz CT molecular complexity index is 335. The molecule has 0 aromatic carbocycles. The topological polar surface area (TPSA) is 75.6 Å². The zero-order valence-electron chi connectivity index (χ0n) is 12.1. The van der Waals surface area contributed by atoms with Crippen molar-refractivity contribution in [2.75, 3.05) is 6.61 Å². The molecule has 0 spiro atoms. The van der Waals surface area contributed by atoms with Gasteiger partial charge in [0.1, 0.15) is 0 Å². The number of hydrogen-bond donors (Lipinski definition) is 2. The predicted molar refractivity (Wildman–Crippen MR) is 74.7 cm³/mol. The summed E-state index contributed by atoms with van der Waals surface area (Å²) in [5.74, 6) is -0.436. The van der Waals surface area contributed by atoms with Crippen molar-refractivity contribution >= 4 is 19.6 Å². The first kappa shape index (κ1) is 16.0. The SMILES string of the molecule is BC(=O)N[C@@H]1CC[C@@](C(=O)OCCCC)(C(C)O)C1. The summed E-state index contributed by atoms with van der Waals surface area (Å²) in [7, 11) is 1.46. The summed E-state index contributed by atoms with van der Waals surface area (Å²) < 4.78 is 5.27. The van der Waals surface area contributed by atoms with E-state index in [1.807, 2.05) is 6.92 Å². The Morgan fingerprint density at radius 3 is 2.79 bits per heavy atom. The molecule has 1 saturated carbocycles. The number of amides is 1. The fourth-order valence-electron chi connectivity index (χ4n) is 2.67. The van der Waals surface area contributed by atoms with Crippen molar-refractivity contribution in [1.82, 2.24) is 5.32 Å². The number of nitrogens with one attached hydrogen (secondary N) is 1. The van der Waals surface area contributed by atoms with E-state index in [2.05, 4.69) is 5.32 Å². The summed E-state index contributed by atoms with van der Waals surface area (Å²) in [6, 6.07) is -0.0502. The molecule has 19 heavy (non-hydrogen) atoms. The van der Waals surface area contributed by atoms with Crippen molar-refractivity contribution in [3.05, 3.63) is 0 Å². The molecule has 0 bridgehead atoms. The number of ether oxygens (including phenoxy) is 1. The van der Waals surface area contributed by atoms with E-state index in [1.165, 1.54) is 7.85 Å². The fourth-order valence-corrected chi connectivity index (χ4v) is 2.67. The van der Waals surface area contributed by atoms with E-state index in [4.69, 9.17) is 4.74 Å². The molecule has 1 amide bonds. The number of aliphatic hydroxyl groups excluding tert-OH is 1. The van der Waals surface area contributed by atoms with E-state index < -0.39 is 11.5 Å². The van der Waals surface area contributed by atoms with Crippen LogP contribution in [0.4, 0.5) is 4.79 Å². The van der Waals surface area contributed by atoms with Crippen LogP contribution < -0.4 is 5.32 Å². The normalized spacial score (nSPS) is 27.8. The molecule has 0 aromatic heterocycles. The third-order valence-corrected chi connectivity index (χ3v) is 3.89. The maximum atomic E-state index is 12.2. The highest BCUT2D eigenvalue weighted by Gasteiger charge is 2.50. The van der Waals surface area contributed by atoms with Gasteiger partial charge in [-0.15, -0.1) is 0 Å². The first-order chi connectivity index (χ1) is 8.92. The van der Waals surface area contributed by atoms with Crippen LogP contribution in [-0.4, -0.2) is 43.5 Å². The van der Waals surface area contributed by atoms with Gasteiger partial charge in [0.05, 0.1) is 18.1 Å². The molecule has 3 atom stereocenters. The standard InChI is InChI=1S/C13H24BNO4/c1-3-4-7-19-11(17)13(9(2)16)6-5-10(8-13)15-12(14)18/h9-10,16H,3-8,14H2,1-2H3,(H,15,18)/t9?,10-,13+/m1/s1.